The topological polar surface area (TPSA) is 42.2 Å². The highest BCUT2D eigenvalue weighted by Gasteiger charge is 2.38. The molecular weight excluding hydrogens is 658 g/mol. The van der Waals surface area contributed by atoms with E-state index < -0.39 is 5.60 Å². The molecule has 4 heteroatoms. The highest BCUT2D eigenvalue weighted by molar-refractivity contribution is 6.30. The van der Waals surface area contributed by atoms with Gasteiger partial charge in [0.2, 0.25) is 0 Å². The van der Waals surface area contributed by atoms with Crippen LogP contribution in [0.5, 0.6) is 0 Å². The molecule has 0 saturated carbocycles. The lowest BCUT2D eigenvalue weighted by Gasteiger charge is -2.37. The van der Waals surface area contributed by atoms with Crippen LogP contribution in [0.1, 0.15) is 150 Å². The van der Waals surface area contributed by atoms with Gasteiger partial charge in [-0.05, 0) is 46.9 Å². The molecule has 0 spiro atoms. The van der Waals surface area contributed by atoms with Gasteiger partial charge in [0.1, 0.15) is 5.60 Å². The molecule has 4 rings (SSSR count). The Hall–Kier alpha value is -3.42. The number of rotatable bonds is 27. The molecule has 3 nitrogen and oxygen atoms in total. The summed E-state index contributed by atoms with van der Waals surface area (Å²) in [5, 5.41) is 10.1. The second-order valence-corrected chi connectivity index (χ2v) is 14.9. The van der Waals surface area contributed by atoms with Gasteiger partial charge in [0.15, 0.2) is 0 Å². The van der Waals surface area contributed by atoms with Crippen molar-refractivity contribution in [3.8, 4) is 6.07 Å². The molecule has 4 aromatic carbocycles. The van der Waals surface area contributed by atoms with Gasteiger partial charge in [0.25, 0.3) is 0 Å². The van der Waals surface area contributed by atoms with Gasteiger partial charge in [-0.3, -0.25) is 0 Å². The van der Waals surface area contributed by atoms with Gasteiger partial charge < -0.3 is 9.47 Å². The van der Waals surface area contributed by atoms with Gasteiger partial charge in [-0.15, -0.1) is 0 Å². The van der Waals surface area contributed by atoms with Crippen molar-refractivity contribution < 1.29 is 9.47 Å². The first-order valence-electron chi connectivity index (χ1n) is 20.3. The van der Waals surface area contributed by atoms with Crippen molar-refractivity contribution in [2.45, 2.75) is 141 Å². The van der Waals surface area contributed by atoms with E-state index in [0.717, 1.165) is 35.1 Å². The van der Waals surface area contributed by atoms with E-state index in [-0.39, 0.29) is 6.10 Å². The zero-order valence-corrected chi connectivity index (χ0v) is 32.5. The van der Waals surface area contributed by atoms with Crippen LogP contribution < -0.4 is 0 Å². The van der Waals surface area contributed by atoms with Gasteiger partial charge in [0.05, 0.1) is 31.0 Å². The predicted molar refractivity (Wildman–Crippen MR) is 219 cm³/mol. The van der Waals surface area contributed by atoms with Crippen LogP contribution in [0.15, 0.2) is 109 Å². The van der Waals surface area contributed by atoms with Crippen LogP contribution in [0, 0.1) is 11.3 Å². The first kappa shape index (κ1) is 41.3. The Bertz CT molecular complexity index is 1440. The first-order valence-corrected chi connectivity index (χ1v) is 20.6. The Morgan fingerprint density at radius 1 is 0.577 bits per heavy atom. The smallest absolute Gasteiger partial charge is 0.143 e. The Morgan fingerprint density at radius 2 is 1.00 bits per heavy atom. The van der Waals surface area contributed by atoms with E-state index in [9.17, 15) is 5.26 Å². The van der Waals surface area contributed by atoms with Crippen LogP contribution in [0.4, 0.5) is 0 Å². The minimum absolute atomic E-state index is 0.128. The molecule has 0 heterocycles. The SMILES string of the molecule is CCCCCCCCCCCCCCCCCCC[C@H](COC(c1ccccc1)(c1ccccc1)c1ccccc1)OCc1cc(Cl)cc(C#N)c1. The highest BCUT2D eigenvalue weighted by Crippen LogP contribution is 2.41. The van der Waals surface area contributed by atoms with Crippen LogP contribution in [0.3, 0.4) is 0 Å². The standard InChI is InChI=1S/C48H62ClNO2/c1-2-3-4-5-6-7-8-9-10-11-12-13-14-15-16-17-27-34-47(51-39-42-35-41(38-50)36-46(49)37-42)40-52-48(43-28-21-18-22-29-43,44-30-23-19-24-31-44)45-32-25-20-26-33-45/h18-26,28-33,35-37,47H,2-17,27,34,39-40H2,1H3/t47-/m1/s1. The van der Waals surface area contributed by atoms with Gasteiger partial charge in [-0.2, -0.15) is 5.26 Å². The molecule has 0 radical (unpaired) electrons. The number of nitriles is 1. The molecule has 0 fully saturated rings. The fourth-order valence-corrected chi connectivity index (χ4v) is 7.57. The van der Waals surface area contributed by atoms with Crippen LogP contribution >= 0.6 is 11.6 Å². The van der Waals surface area contributed by atoms with Crippen LogP contribution in [0.2, 0.25) is 5.02 Å². The molecule has 0 unspecified atom stereocenters. The molecule has 4 aromatic rings. The van der Waals surface area contributed by atoms with Crippen LogP contribution in [-0.4, -0.2) is 12.7 Å². The maximum absolute atomic E-state index is 9.51. The van der Waals surface area contributed by atoms with Crippen molar-refractivity contribution >= 4 is 11.6 Å². The molecular formula is C48H62ClNO2. The van der Waals surface area contributed by atoms with E-state index >= 15 is 0 Å². The molecule has 0 aliphatic heterocycles. The molecule has 278 valence electrons. The average Bonchev–Trinajstić information content (AvgIpc) is 3.19. The fourth-order valence-electron chi connectivity index (χ4n) is 7.31. The normalized spacial score (nSPS) is 12.1. The summed E-state index contributed by atoms with van der Waals surface area (Å²) in [5.41, 5.74) is 3.89. The lowest BCUT2D eigenvalue weighted by atomic mass is 9.80. The van der Waals surface area contributed by atoms with E-state index in [0.29, 0.717) is 23.8 Å². The zero-order chi connectivity index (χ0) is 36.5. The molecule has 0 amide bonds. The Kier molecular flexibility index (Phi) is 19.7. The van der Waals surface area contributed by atoms with Crippen molar-refractivity contribution in [1.82, 2.24) is 0 Å². The monoisotopic (exact) mass is 719 g/mol. The van der Waals surface area contributed by atoms with E-state index in [1.807, 2.05) is 12.1 Å². The summed E-state index contributed by atoms with van der Waals surface area (Å²) < 4.78 is 13.8. The third kappa shape index (κ3) is 14.2. The molecule has 0 bridgehead atoms. The molecule has 1 atom stereocenters. The number of hydrogen-bond acceptors (Lipinski definition) is 3. The summed E-state index contributed by atoms with van der Waals surface area (Å²) in [4.78, 5) is 0. The summed E-state index contributed by atoms with van der Waals surface area (Å²) in [7, 11) is 0. The number of benzene rings is 4. The first-order chi connectivity index (χ1) is 25.7. The lowest BCUT2D eigenvalue weighted by Crippen LogP contribution is -2.36. The number of hydrogen-bond donors (Lipinski definition) is 0. The number of nitrogens with zero attached hydrogens (tertiary/aromatic N) is 1. The molecule has 0 aromatic heterocycles. The third-order valence-corrected chi connectivity index (χ3v) is 10.4. The van der Waals surface area contributed by atoms with Gasteiger partial charge in [0, 0.05) is 5.02 Å². The van der Waals surface area contributed by atoms with Gasteiger partial charge in [-0.1, -0.05) is 219 Å². The number of unbranched alkanes of at least 4 members (excludes halogenated alkanes) is 16. The predicted octanol–water partition coefficient (Wildman–Crippen LogP) is 14.1. The second kappa shape index (κ2) is 24.8. The van der Waals surface area contributed by atoms with Gasteiger partial charge >= 0.3 is 0 Å². The third-order valence-electron chi connectivity index (χ3n) is 10.2. The number of ether oxygens (including phenoxy) is 2. The van der Waals surface area contributed by atoms with Crippen molar-refractivity contribution in [3.05, 3.63) is 142 Å². The Labute approximate surface area is 320 Å². The Morgan fingerprint density at radius 3 is 1.42 bits per heavy atom. The van der Waals surface area contributed by atoms with E-state index in [4.69, 9.17) is 21.1 Å². The lowest BCUT2D eigenvalue weighted by molar-refractivity contribution is -0.0731. The maximum atomic E-state index is 9.51. The molecule has 0 aliphatic rings. The fraction of sp³-hybridized carbons (Fsp3) is 0.479. The van der Waals surface area contributed by atoms with E-state index in [2.05, 4.69) is 104 Å². The van der Waals surface area contributed by atoms with E-state index in [1.54, 1.807) is 6.07 Å². The summed E-state index contributed by atoms with van der Waals surface area (Å²) in [6.45, 7) is 3.08. The summed E-state index contributed by atoms with van der Waals surface area (Å²) in [5.74, 6) is 0. The average molecular weight is 720 g/mol. The van der Waals surface area contributed by atoms with Crippen molar-refractivity contribution in [2.75, 3.05) is 6.61 Å². The minimum Gasteiger partial charge on any atom is -0.371 e. The summed E-state index contributed by atoms with van der Waals surface area (Å²) in [6, 6.07) is 39.2. The zero-order valence-electron chi connectivity index (χ0n) is 31.8. The molecule has 0 saturated heterocycles. The molecule has 0 N–H and O–H groups in total. The van der Waals surface area contributed by atoms with Crippen molar-refractivity contribution in [2.24, 2.45) is 0 Å². The second-order valence-electron chi connectivity index (χ2n) is 14.4. The number of halogens is 1. The van der Waals surface area contributed by atoms with Gasteiger partial charge in [-0.25, -0.2) is 0 Å². The van der Waals surface area contributed by atoms with E-state index in [1.165, 1.54) is 103 Å². The quantitative estimate of drug-likeness (QED) is 0.0455. The van der Waals surface area contributed by atoms with Crippen molar-refractivity contribution in [3.63, 3.8) is 0 Å². The van der Waals surface area contributed by atoms with Crippen molar-refractivity contribution in [1.29, 1.82) is 5.26 Å². The maximum Gasteiger partial charge on any atom is 0.143 e. The highest BCUT2D eigenvalue weighted by atomic mass is 35.5. The van der Waals surface area contributed by atoms with Crippen LogP contribution in [0.25, 0.3) is 0 Å². The largest absolute Gasteiger partial charge is 0.371 e. The molecule has 0 aliphatic carbocycles. The minimum atomic E-state index is -0.802. The summed E-state index contributed by atoms with van der Waals surface area (Å²) in [6.07, 6.45) is 23.8. The Balaban J connectivity index is 1.32. The summed E-state index contributed by atoms with van der Waals surface area (Å²) >= 11 is 6.35. The van der Waals surface area contributed by atoms with Crippen LogP contribution in [-0.2, 0) is 21.7 Å². The molecule has 52 heavy (non-hydrogen) atoms.